The first kappa shape index (κ1) is 17.9. The van der Waals surface area contributed by atoms with Gasteiger partial charge in [0.25, 0.3) is 5.69 Å². The molecule has 1 N–H and O–H groups in total. The van der Waals surface area contributed by atoms with Crippen molar-refractivity contribution in [1.29, 1.82) is 0 Å². The van der Waals surface area contributed by atoms with Crippen LogP contribution in [0.25, 0.3) is 0 Å². The summed E-state index contributed by atoms with van der Waals surface area (Å²) >= 11 is 0. The first-order valence-corrected chi connectivity index (χ1v) is 7.70. The van der Waals surface area contributed by atoms with E-state index in [1.807, 2.05) is 0 Å². The van der Waals surface area contributed by atoms with Crippen LogP contribution in [0.15, 0.2) is 18.2 Å². The van der Waals surface area contributed by atoms with Gasteiger partial charge < -0.3 is 10.1 Å². The van der Waals surface area contributed by atoms with Gasteiger partial charge in [-0.1, -0.05) is 39.0 Å². The predicted molar refractivity (Wildman–Crippen MR) is 86.3 cm³/mol. The molecule has 0 fully saturated rings. The Labute approximate surface area is 131 Å². The first-order valence-electron chi connectivity index (χ1n) is 7.70. The Morgan fingerprint density at radius 2 is 1.91 bits per heavy atom. The summed E-state index contributed by atoms with van der Waals surface area (Å²) in [6, 6.07) is 4.15. The Morgan fingerprint density at radius 3 is 2.55 bits per heavy atom. The van der Waals surface area contributed by atoms with Crippen LogP contribution in [0.2, 0.25) is 0 Å². The molecule has 0 aliphatic rings. The Balaban J connectivity index is 2.45. The van der Waals surface area contributed by atoms with Gasteiger partial charge in [-0.2, -0.15) is 0 Å². The molecule has 0 heterocycles. The Bertz CT molecular complexity index is 503. The molecule has 1 aromatic rings. The molecule has 22 heavy (non-hydrogen) atoms. The molecule has 0 aliphatic heterocycles. The van der Waals surface area contributed by atoms with Crippen molar-refractivity contribution in [2.75, 3.05) is 12.4 Å². The average Bonchev–Trinajstić information content (AvgIpc) is 2.50. The maximum atomic E-state index is 11.9. The molecule has 0 aliphatic carbocycles. The number of amides is 1. The number of carbonyl (C=O) groups excluding carboxylic acids is 1. The number of non-ortho nitro benzene ring substituents is 1. The summed E-state index contributed by atoms with van der Waals surface area (Å²) < 4.78 is 5.09. The summed E-state index contributed by atoms with van der Waals surface area (Å²) in [6.07, 6.45) is 7.17. The smallest absolute Gasteiger partial charge is 0.273 e. The van der Waals surface area contributed by atoms with E-state index in [1.165, 1.54) is 44.6 Å². The summed E-state index contributed by atoms with van der Waals surface area (Å²) in [7, 11) is 1.42. The summed E-state index contributed by atoms with van der Waals surface area (Å²) in [5, 5.41) is 13.5. The van der Waals surface area contributed by atoms with E-state index in [0.29, 0.717) is 17.9 Å². The minimum Gasteiger partial charge on any atom is -0.494 e. The third kappa shape index (κ3) is 6.11. The van der Waals surface area contributed by atoms with Crippen molar-refractivity contribution in [2.45, 2.75) is 51.9 Å². The number of hydrogen-bond acceptors (Lipinski definition) is 4. The second-order valence-corrected chi connectivity index (χ2v) is 5.21. The molecule has 0 aromatic heterocycles. The molecule has 0 saturated carbocycles. The zero-order chi connectivity index (χ0) is 16.4. The summed E-state index contributed by atoms with van der Waals surface area (Å²) in [4.78, 5) is 22.1. The van der Waals surface area contributed by atoms with Crippen molar-refractivity contribution >= 4 is 17.3 Å². The maximum absolute atomic E-state index is 11.9. The van der Waals surface area contributed by atoms with Gasteiger partial charge >= 0.3 is 0 Å². The SMILES string of the molecule is CCCCCCCCC(=O)Nc1ccc([N+](=O)[O-])cc1OC. The number of nitro benzene ring substituents is 1. The van der Waals surface area contributed by atoms with Crippen LogP contribution < -0.4 is 10.1 Å². The highest BCUT2D eigenvalue weighted by Gasteiger charge is 2.13. The van der Waals surface area contributed by atoms with Crippen LogP contribution in [-0.4, -0.2) is 17.9 Å². The Morgan fingerprint density at radius 1 is 1.23 bits per heavy atom. The third-order valence-electron chi connectivity index (χ3n) is 3.43. The largest absolute Gasteiger partial charge is 0.494 e. The van der Waals surface area contributed by atoms with Gasteiger partial charge in [-0.3, -0.25) is 14.9 Å². The van der Waals surface area contributed by atoms with Crippen molar-refractivity contribution < 1.29 is 14.5 Å². The van der Waals surface area contributed by atoms with Crippen LogP contribution in [0.1, 0.15) is 51.9 Å². The zero-order valence-corrected chi connectivity index (χ0v) is 13.3. The predicted octanol–water partition coefficient (Wildman–Crippen LogP) is 4.29. The number of rotatable bonds is 10. The average molecular weight is 308 g/mol. The van der Waals surface area contributed by atoms with Gasteiger partial charge in [0.1, 0.15) is 5.75 Å². The minimum atomic E-state index is -0.496. The van der Waals surface area contributed by atoms with Crippen LogP contribution in [0.5, 0.6) is 5.75 Å². The number of methoxy groups -OCH3 is 1. The highest BCUT2D eigenvalue weighted by Crippen LogP contribution is 2.29. The fourth-order valence-electron chi connectivity index (χ4n) is 2.18. The van der Waals surface area contributed by atoms with Crippen molar-refractivity contribution in [3.05, 3.63) is 28.3 Å². The van der Waals surface area contributed by atoms with Crippen LogP contribution in [0, 0.1) is 10.1 Å². The lowest BCUT2D eigenvalue weighted by Gasteiger charge is -2.10. The highest BCUT2D eigenvalue weighted by molar-refractivity contribution is 5.92. The molecule has 0 unspecified atom stereocenters. The van der Waals surface area contributed by atoms with Gasteiger partial charge in [-0.15, -0.1) is 0 Å². The molecule has 0 saturated heterocycles. The number of hydrogen-bond donors (Lipinski definition) is 1. The molecular formula is C16H24N2O4. The summed E-state index contributed by atoms with van der Waals surface area (Å²) in [5.41, 5.74) is 0.398. The van der Waals surface area contributed by atoms with E-state index >= 15 is 0 Å². The van der Waals surface area contributed by atoms with Crippen LogP contribution in [-0.2, 0) is 4.79 Å². The van der Waals surface area contributed by atoms with E-state index < -0.39 is 4.92 Å². The fourth-order valence-corrected chi connectivity index (χ4v) is 2.18. The van der Waals surface area contributed by atoms with E-state index in [0.717, 1.165) is 19.3 Å². The van der Waals surface area contributed by atoms with Gasteiger partial charge in [0, 0.05) is 12.5 Å². The molecule has 0 bridgehead atoms. The molecule has 1 amide bonds. The van der Waals surface area contributed by atoms with Gasteiger partial charge in [0.2, 0.25) is 5.91 Å². The normalized spacial score (nSPS) is 10.3. The van der Waals surface area contributed by atoms with Crippen molar-refractivity contribution in [2.24, 2.45) is 0 Å². The minimum absolute atomic E-state index is 0.0641. The van der Waals surface area contributed by atoms with Crippen molar-refractivity contribution in [1.82, 2.24) is 0 Å². The lowest BCUT2D eigenvalue weighted by molar-refractivity contribution is -0.384. The molecule has 122 valence electrons. The van der Waals surface area contributed by atoms with Gasteiger partial charge in [0.15, 0.2) is 0 Å². The number of ether oxygens (including phenoxy) is 1. The van der Waals surface area contributed by atoms with E-state index in [4.69, 9.17) is 4.74 Å². The van der Waals surface area contributed by atoms with E-state index in [9.17, 15) is 14.9 Å². The molecule has 0 radical (unpaired) electrons. The van der Waals surface area contributed by atoms with Crippen molar-refractivity contribution in [3.8, 4) is 5.75 Å². The van der Waals surface area contributed by atoms with Gasteiger partial charge in [0.05, 0.1) is 23.8 Å². The molecule has 1 aromatic carbocycles. The fraction of sp³-hybridized carbons (Fsp3) is 0.562. The van der Waals surface area contributed by atoms with E-state index in [1.54, 1.807) is 0 Å². The topological polar surface area (TPSA) is 81.5 Å². The Kier molecular flexibility index (Phi) is 7.96. The van der Waals surface area contributed by atoms with Crippen molar-refractivity contribution in [3.63, 3.8) is 0 Å². The summed E-state index contributed by atoms with van der Waals surface area (Å²) in [5.74, 6) is 0.202. The quantitative estimate of drug-likeness (QED) is 0.397. The zero-order valence-electron chi connectivity index (χ0n) is 13.3. The second-order valence-electron chi connectivity index (χ2n) is 5.21. The van der Waals surface area contributed by atoms with Crippen LogP contribution in [0.3, 0.4) is 0 Å². The third-order valence-corrected chi connectivity index (χ3v) is 3.43. The molecule has 6 heteroatoms. The standard InChI is InChI=1S/C16H24N2O4/c1-3-4-5-6-7-8-9-16(19)17-14-11-10-13(18(20)21)12-15(14)22-2/h10-12H,3-9H2,1-2H3,(H,17,19). The van der Waals surface area contributed by atoms with E-state index in [-0.39, 0.29) is 11.6 Å². The number of carbonyl (C=O) groups is 1. The number of benzene rings is 1. The second kappa shape index (κ2) is 9.76. The summed E-state index contributed by atoms with van der Waals surface area (Å²) in [6.45, 7) is 2.17. The van der Waals surface area contributed by atoms with Gasteiger partial charge in [-0.25, -0.2) is 0 Å². The maximum Gasteiger partial charge on any atom is 0.273 e. The first-order chi connectivity index (χ1) is 10.6. The molecule has 1 rings (SSSR count). The number of anilines is 1. The molecule has 0 atom stereocenters. The number of nitrogens with one attached hydrogen (secondary N) is 1. The number of nitrogens with zero attached hydrogens (tertiary/aromatic N) is 1. The van der Waals surface area contributed by atoms with Crippen LogP contribution in [0.4, 0.5) is 11.4 Å². The lowest BCUT2D eigenvalue weighted by atomic mass is 10.1. The lowest BCUT2D eigenvalue weighted by Crippen LogP contribution is -2.12. The molecular weight excluding hydrogens is 284 g/mol. The van der Waals surface area contributed by atoms with Crippen LogP contribution >= 0.6 is 0 Å². The monoisotopic (exact) mass is 308 g/mol. The van der Waals surface area contributed by atoms with Gasteiger partial charge in [-0.05, 0) is 12.5 Å². The highest BCUT2D eigenvalue weighted by atomic mass is 16.6. The molecule has 0 spiro atoms. The number of nitro groups is 1. The molecule has 6 nitrogen and oxygen atoms in total. The Hall–Kier alpha value is -2.11. The van der Waals surface area contributed by atoms with E-state index in [2.05, 4.69) is 12.2 Å². The number of unbranched alkanes of at least 4 members (excludes halogenated alkanes) is 5.